The number of amides is 1. The van der Waals surface area contributed by atoms with Crippen molar-refractivity contribution in [3.05, 3.63) is 72.2 Å². The summed E-state index contributed by atoms with van der Waals surface area (Å²) in [4.78, 5) is 22.5. The minimum Gasteiger partial charge on any atom is -0.312 e. The first kappa shape index (κ1) is 21.6. The van der Waals surface area contributed by atoms with Crippen LogP contribution < -0.4 is 10.2 Å². The summed E-state index contributed by atoms with van der Waals surface area (Å²) < 4.78 is 14.9. The maximum Gasteiger partial charge on any atom is 0.228 e. The van der Waals surface area contributed by atoms with E-state index in [-0.39, 0.29) is 17.3 Å². The van der Waals surface area contributed by atoms with Crippen molar-refractivity contribution >= 4 is 24.4 Å². The highest BCUT2D eigenvalue weighted by molar-refractivity contribution is 5.97. The SMILES string of the molecule is C=Nn1c(-c2ccc(N3CC(C)(NC)CC3=O)cc2)cnc1/C=C\Cc1cncc(F)c1. The molecule has 1 atom stereocenters. The molecule has 0 saturated carbocycles. The lowest BCUT2D eigenvalue weighted by Gasteiger charge is -2.23. The number of nitrogens with one attached hydrogen (secondary N) is 1. The van der Waals surface area contributed by atoms with E-state index < -0.39 is 0 Å². The van der Waals surface area contributed by atoms with E-state index in [4.69, 9.17) is 0 Å². The van der Waals surface area contributed by atoms with Crippen LogP contribution in [0.4, 0.5) is 10.1 Å². The summed E-state index contributed by atoms with van der Waals surface area (Å²) in [5.41, 5.74) is 3.10. The standard InChI is InChI=1S/C24H25FN6O/c1-24(26-2)12-23(32)30(16-24)20-9-7-18(8-10-20)21-15-29-22(31(21)27-3)6-4-5-17-11-19(25)14-28-13-17/h4,6-11,13-15,26H,3,5,12,16H2,1-2H3/b6-4-. The summed E-state index contributed by atoms with van der Waals surface area (Å²) in [6.07, 6.45) is 9.23. The van der Waals surface area contributed by atoms with Gasteiger partial charge in [-0.05, 0) is 50.2 Å². The van der Waals surface area contributed by atoms with E-state index in [0.717, 1.165) is 22.5 Å². The van der Waals surface area contributed by atoms with E-state index in [9.17, 15) is 9.18 Å². The van der Waals surface area contributed by atoms with Crippen LogP contribution in [-0.2, 0) is 11.2 Å². The van der Waals surface area contributed by atoms with Crippen molar-refractivity contribution in [1.82, 2.24) is 20.0 Å². The molecule has 32 heavy (non-hydrogen) atoms. The van der Waals surface area contributed by atoms with Crippen LogP contribution in [0.15, 0.2) is 60.1 Å². The molecule has 1 unspecified atom stereocenters. The van der Waals surface area contributed by atoms with Gasteiger partial charge in [-0.1, -0.05) is 18.2 Å². The molecule has 0 radical (unpaired) electrons. The van der Waals surface area contributed by atoms with Gasteiger partial charge in [-0.3, -0.25) is 9.78 Å². The zero-order valence-corrected chi connectivity index (χ0v) is 18.1. The fourth-order valence-electron chi connectivity index (χ4n) is 3.82. The van der Waals surface area contributed by atoms with Gasteiger partial charge in [0.1, 0.15) is 5.82 Å². The summed E-state index contributed by atoms with van der Waals surface area (Å²) in [7, 11) is 1.88. The molecule has 2 aromatic heterocycles. The topological polar surface area (TPSA) is 75.4 Å². The number of imidazole rings is 1. The second kappa shape index (κ2) is 8.84. The molecule has 3 heterocycles. The fraction of sp³-hybridized carbons (Fsp3) is 0.250. The van der Waals surface area contributed by atoms with E-state index in [0.29, 0.717) is 25.2 Å². The van der Waals surface area contributed by atoms with Crippen LogP contribution in [0.25, 0.3) is 17.3 Å². The highest BCUT2D eigenvalue weighted by Gasteiger charge is 2.38. The van der Waals surface area contributed by atoms with Crippen LogP contribution in [0.3, 0.4) is 0 Å². The molecule has 4 rings (SSSR count). The quantitative estimate of drug-likeness (QED) is 0.580. The maximum atomic E-state index is 13.3. The number of pyridine rings is 1. The number of carbonyl (C=O) groups is 1. The van der Waals surface area contributed by atoms with Crippen LogP contribution in [0.2, 0.25) is 0 Å². The number of hydrogen-bond acceptors (Lipinski definition) is 5. The molecule has 3 aromatic rings. The Labute approximate surface area is 186 Å². The smallest absolute Gasteiger partial charge is 0.228 e. The van der Waals surface area contributed by atoms with E-state index in [1.54, 1.807) is 22.0 Å². The van der Waals surface area contributed by atoms with Crippen molar-refractivity contribution in [3.63, 3.8) is 0 Å². The van der Waals surface area contributed by atoms with Gasteiger partial charge in [0.05, 0.1) is 18.1 Å². The number of hydrogen-bond donors (Lipinski definition) is 1. The van der Waals surface area contributed by atoms with Crippen molar-refractivity contribution in [2.24, 2.45) is 5.10 Å². The molecule has 1 aromatic carbocycles. The molecule has 0 bridgehead atoms. The van der Waals surface area contributed by atoms with Crippen LogP contribution >= 0.6 is 0 Å². The van der Waals surface area contributed by atoms with Crippen LogP contribution in [-0.4, -0.2) is 46.4 Å². The number of likely N-dealkylation sites (N-methyl/N-ethyl adjacent to an activating group) is 1. The van der Waals surface area contributed by atoms with Gasteiger partial charge < -0.3 is 10.2 Å². The average Bonchev–Trinajstić information content (AvgIpc) is 3.34. The Kier molecular flexibility index (Phi) is 5.96. The van der Waals surface area contributed by atoms with E-state index in [1.165, 1.54) is 12.3 Å². The lowest BCUT2D eigenvalue weighted by atomic mass is 10.0. The number of benzene rings is 1. The van der Waals surface area contributed by atoms with Gasteiger partial charge in [-0.25, -0.2) is 14.1 Å². The maximum absolute atomic E-state index is 13.3. The van der Waals surface area contributed by atoms with Crippen LogP contribution in [0.1, 0.15) is 24.7 Å². The normalized spacial score (nSPS) is 18.6. The predicted octanol–water partition coefficient (Wildman–Crippen LogP) is 3.52. The number of aromatic nitrogens is 3. The number of allylic oxidation sites excluding steroid dienone is 1. The first-order chi connectivity index (χ1) is 15.4. The summed E-state index contributed by atoms with van der Waals surface area (Å²) in [6.45, 7) is 6.34. The monoisotopic (exact) mass is 432 g/mol. The molecule has 7 nitrogen and oxygen atoms in total. The van der Waals surface area contributed by atoms with Crippen molar-refractivity contribution < 1.29 is 9.18 Å². The summed E-state index contributed by atoms with van der Waals surface area (Å²) in [5.74, 6) is 0.360. The van der Waals surface area contributed by atoms with Gasteiger partial charge >= 0.3 is 0 Å². The lowest BCUT2D eigenvalue weighted by molar-refractivity contribution is -0.117. The second-order valence-corrected chi connectivity index (χ2v) is 8.09. The summed E-state index contributed by atoms with van der Waals surface area (Å²) in [6, 6.07) is 9.21. The predicted molar refractivity (Wildman–Crippen MR) is 124 cm³/mol. The van der Waals surface area contributed by atoms with Gasteiger partial charge in [0, 0.05) is 42.7 Å². The Hall–Kier alpha value is -3.65. The molecule has 1 fully saturated rings. The van der Waals surface area contributed by atoms with Crippen molar-refractivity contribution in [3.8, 4) is 11.3 Å². The lowest BCUT2D eigenvalue weighted by Crippen LogP contribution is -2.42. The van der Waals surface area contributed by atoms with Gasteiger partial charge in [-0.15, -0.1) is 0 Å². The third-order valence-electron chi connectivity index (χ3n) is 5.72. The first-order valence-corrected chi connectivity index (χ1v) is 10.3. The van der Waals surface area contributed by atoms with Crippen LogP contribution in [0, 0.1) is 5.82 Å². The second-order valence-electron chi connectivity index (χ2n) is 8.09. The van der Waals surface area contributed by atoms with Gasteiger partial charge in [0.2, 0.25) is 5.91 Å². The van der Waals surface area contributed by atoms with Gasteiger partial charge in [-0.2, -0.15) is 5.10 Å². The number of anilines is 1. The Morgan fingerprint density at radius 2 is 2.06 bits per heavy atom. The Bertz CT molecular complexity index is 1170. The molecule has 1 amide bonds. The van der Waals surface area contributed by atoms with Crippen LogP contribution in [0.5, 0.6) is 0 Å². The molecule has 1 saturated heterocycles. The summed E-state index contributed by atoms with van der Waals surface area (Å²) >= 11 is 0. The molecule has 0 aliphatic carbocycles. The third kappa shape index (κ3) is 4.36. The van der Waals surface area contributed by atoms with Crippen molar-refractivity contribution in [2.75, 3.05) is 18.5 Å². The third-order valence-corrected chi connectivity index (χ3v) is 5.72. The van der Waals surface area contributed by atoms with E-state index in [2.05, 4.69) is 27.1 Å². The zero-order chi connectivity index (χ0) is 22.7. The zero-order valence-electron chi connectivity index (χ0n) is 18.1. The van der Waals surface area contributed by atoms with E-state index >= 15 is 0 Å². The number of carbonyl (C=O) groups excluding carboxylic acids is 1. The molecule has 1 aliphatic heterocycles. The number of nitrogens with zero attached hydrogens (tertiary/aromatic N) is 5. The minimum absolute atomic E-state index is 0.105. The fourth-order valence-corrected chi connectivity index (χ4v) is 3.82. The molecule has 1 N–H and O–H groups in total. The highest BCUT2D eigenvalue weighted by atomic mass is 19.1. The van der Waals surface area contributed by atoms with Gasteiger partial charge in [0.25, 0.3) is 0 Å². The number of rotatable bonds is 7. The van der Waals surface area contributed by atoms with Crippen molar-refractivity contribution in [2.45, 2.75) is 25.3 Å². The average molecular weight is 433 g/mol. The molecular formula is C24H25FN6O. The Morgan fingerprint density at radius 3 is 2.72 bits per heavy atom. The molecule has 0 spiro atoms. The van der Waals surface area contributed by atoms with Gasteiger partial charge in [0.15, 0.2) is 5.82 Å². The molecular weight excluding hydrogens is 407 g/mol. The van der Waals surface area contributed by atoms with E-state index in [1.807, 2.05) is 50.4 Å². The minimum atomic E-state index is -0.359. The first-order valence-electron chi connectivity index (χ1n) is 10.3. The molecule has 1 aliphatic rings. The Morgan fingerprint density at radius 1 is 1.28 bits per heavy atom. The molecule has 8 heteroatoms. The highest BCUT2D eigenvalue weighted by Crippen LogP contribution is 2.30. The Balaban J connectivity index is 1.52. The van der Waals surface area contributed by atoms with Crippen molar-refractivity contribution in [1.29, 1.82) is 0 Å². The summed E-state index contributed by atoms with van der Waals surface area (Å²) in [5, 5.41) is 7.33. The molecule has 164 valence electrons. The largest absolute Gasteiger partial charge is 0.312 e. The number of halogens is 1.